The molecule has 1 atom stereocenters. The molecule has 2 heterocycles. The zero-order valence-electron chi connectivity index (χ0n) is 13.6. The molecule has 1 amide bonds. The highest BCUT2D eigenvalue weighted by atomic mass is 32.2. The maximum atomic E-state index is 12.2. The van der Waals surface area contributed by atoms with Crippen molar-refractivity contribution in [2.75, 3.05) is 36.1 Å². The van der Waals surface area contributed by atoms with Crippen LogP contribution in [0.15, 0.2) is 30.3 Å². The van der Waals surface area contributed by atoms with E-state index in [0.29, 0.717) is 24.4 Å². The van der Waals surface area contributed by atoms with Gasteiger partial charge in [0.15, 0.2) is 0 Å². The highest BCUT2D eigenvalue weighted by Gasteiger charge is 2.30. The van der Waals surface area contributed by atoms with Gasteiger partial charge in [0.05, 0.1) is 0 Å². The van der Waals surface area contributed by atoms with E-state index < -0.39 is 0 Å². The third-order valence-corrected chi connectivity index (χ3v) is 6.95. The van der Waals surface area contributed by atoms with Crippen molar-refractivity contribution >= 4 is 29.4 Å². The van der Waals surface area contributed by atoms with Gasteiger partial charge in [0, 0.05) is 54.6 Å². The number of carbonyl (C=O) groups excluding carboxylic acids is 1. The minimum Gasteiger partial charge on any atom is -0.341 e. The highest BCUT2D eigenvalue weighted by molar-refractivity contribution is 8.03. The van der Waals surface area contributed by atoms with E-state index in [-0.39, 0.29) is 0 Å². The topological polar surface area (TPSA) is 32.3 Å². The summed E-state index contributed by atoms with van der Waals surface area (Å²) in [4.78, 5) is 14.3. The summed E-state index contributed by atoms with van der Waals surface area (Å²) in [6.45, 7) is 1.78. The fourth-order valence-electron chi connectivity index (χ4n) is 3.27. The standard InChI is InChI=1S/C18H26N2OS2/c21-18-11-16(19-17-13-22-9-10-23-14-17)12-20(18)8-4-7-15-5-2-1-3-6-15/h1-3,5-6,16-17,19H,4,7-14H2. The molecule has 1 unspecified atom stereocenters. The highest BCUT2D eigenvalue weighted by Crippen LogP contribution is 2.19. The molecule has 0 aliphatic carbocycles. The lowest BCUT2D eigenvalue weighted by Gasteiger charge is -2.21. The third-order valence-electron chi connectivity index (χ3n) is 4.43. The molecule has 1 aromatic carbocycles. The summed E-state index contributed by atoms with van der Waals surface area (Å²) in [5.74, 6) is 5.22. The van der Waals surface area contributed by atoms with Crippen molar-refractivity contribution in [3.63, 3.8) is 0 Å². The Morgan fingerprint density at radius 1 is 1.09 bits per heavy atom. The van der Waals surface area contributed by atoms with Crippen molar-refractivity contribution in [1.82, 2.24) is 10.2 Å². The number of hydrogen-bond donors (Lipinski definition) is 1. The van der Waals surface area contributed by atoms with Crippen molar-refractivity contribution in [3.05, 3.63) is 35.9 Å². The van der Waals surface area contributed by atoms with Gasteiger partial charge < -0.3 is 10.2 Å². The summed E-state index contributed by atoms with van der Waals surface area (Å²) < 4.78 is 0. The minimum atomic E-state index is 0.324. The Labute approximate surface area is 148 Å². The summed E-state index contributed by atoms with van der Waals surface area (Å²) in [5, 5.41) is 3.72. The predicted octanol–water partition coefficient (Wildman–Crippen LogP) is 2.66. The van der Waals surface area contributed by atoms with Gasteiger partial charge in [-0.3, -0.25) is 4.79 Å². The van der Waals surface area contributed by atoms with Crippen LogP contribution in [0.3, 0.4) is 0 Å². The number of nitrogens with zero attached hydrogens (tertiary/aromatic N) is 1. The molecule has 0 saturated carbocycles. The van der Waals surface area contributed by atoms with Gasteiger partial charge in [-0.2, -0.15) is 23.5 Å². The molecule has 23 heavy (non-hydrogen) atoms. The SMILES string of the molecule is O=C1CC(NC2CSCCSC2)CN1CCCc1ccccc1. The van der Waals surface area contributed by atoms with E-state index in [1.165, 1.54) is 28.6 Å². The molecule has 0 aromatic heterocycles. The molecule has 3 rings (SSSR count). The Hall–Kier alpha value is -0.650. The first kappa shape index (κ1) is 17.2. The Bertz CT molecular complexity index is 489. The number of benzene rings is 1. The smallest absolute Gasteiger partial charge is 0.224 e. The number of rotatable bonds is 6. The van der Waals surface area contributed by atoms with Gasteiger partial charge >= 0.3 is 0 Å². The van der Waals surface area contributed by atoms with Crippen LogP contribution in [-0.4, -0.2) is 59.0 Å². The van der Waals surface area contributed by atoms with Gasteiger partial charge in [-0.25, -0.2) is 0 Å². The van der Waals surface area contributed by atoms with Crippen LogP contribution in [0.4, 0.5) is 0 Å². The molecule has 2 aliphatic rings. The third kappa shape index (κ3) is 5.44. The van der Waals surface area contributed by atoms with Crippen LogP contribution in [0.25, 0.3) is 0 Å². The predicted molar refractivity (Wildman–Crippen MR) is 101 cm³/mol. The second kappa shape index (κ2) is 9.00. The van der Waals surface area contributed by atoms with E-state index in [4.69, 9.17) is 0 Å². The molecule has 2 fully saturated rings. The van der Waals surface area contributed by atoms with Crippen molar-refractivity contribution in [2.24, 2.45) is 0 Å². The minimum absolute atomic E-state index is 0.324. The zero-order chi connectivity index (χ0) is 15.9. The first-order valence-corrected chi connectivity index (χ1v) is 10.9. The molecular weight excluding hydrogens is 324 g/mol. The van der Waals surface area contributed by atoms with E-state index in [1.54, 1.807) is 0 Å². The maximum Gasteiger partial charge on any atom is 0.224 e. The van der Waals surface area contributed by atoms with Crippen LogP contribution >= 0.6 is 23.5 Å². The quantitative estimate of drug-likeness (QED) is 0.855. The normalized spacial score (nSPS) is 23.2. The number of aryl methyl sites for hydroxylation is 1. The van der Waals surface area contributed by atoms with E-state index in [2.05, 4.69) is 34.5 Å². The van der Waals surface area contributed by atoms with E-state index in [9.17, 15) is 4.79 Å². The lowest BCUT2D eigenvalue weighted by Crippen LogP contribution is -2.42. The first-order chi connectivity index (χ1) is 11.3. The Balaban J connectivity index is 1.40. The van der Waals surface area contributed by atoms with Crippen LogP contribution in [0.1, 0.15) is 18.4 Å². The molecule has 2 aliphatic heterocycles. The van der Waals surface area contributed by atoms with E-state index in [0.717, 1.165) is 25.9 Å². The molecule has 1 aromatic rings. The van der Waals surface area contributed by atoms with Crippen LogP contribution in [0.5, 0.6) is 0 Å². The molecule has 2 saturated heterocycles. The zero-order valence-corrected chi connectivity index (χ0v) is 15.2. The Morgan fingerprint density at radius 3 is 2.57 bits per heavy atom. The average molecular weight is 351 g/mol. The van der Waals surface area contributed by atoms with Gasteiger partial charge in [-0.1, -0.05) is 30.3 Å². The molecule has 1 N–H and O–H groups in total. The van der Waals surface area contributed by atoms with Gasteiger partial charge in [0.25, 0.3) is 0 Å². The van der Waals surface area contributed by atoms with Gasteiger partial charge in [-0.15, -0.1) is 0 Å². The maximum absolute atomic E-state index is 12.2. The summed E-state index contributed by atoms with van der Waals surface area (Å²) in [6, 6.07) is 11.5. The number of nitrogens with one attached hydrogen (secondary N) is 1. The van der Waals surface area contributed by atoms with Crippen LogP contribution in [-0.2, 0) is 11.2 Å². The molecule has 5 heteroatoms. The van der Waals surface area contributed by atoms with Crippen molar-refractivity contribution in [2.45, 2.75) is 31.3 Å². The summed E-state index contributed by atoms with van der Waals surface area (Å²) >= 11 is 4.08. The second-order valence-electron chi connectivity index (χ2n) is 6.34. The van der Waals surface area contributed by atoms with Gasteiger partial charge in [0.1, 0.15) is 0 Å². The lowest BCUT2D eigenvalue weighted by molar-refractivity contribution is -0.127. The average Bonchev–Trinajstić information content (AvgIpc) is 2.76. The largest absolute Gasteiger partial charge is 0.341 e. The molecule has 3 nitrogen and oxygen atoms in total. The molecule has 0 spiro atoms. The second-order valence-corrected chi connectivity index (χ2v) is 8.64. The molecule has 126 valence electrons. The van der Waals surface area contributed by atoms with E-state index >= 15 is 0 Å². The number of amides is 1. The fourth-order valence-corrected chi connectivity index (χ4v) is 5.69. The van der Waals surface area contributed by atoms with E-state index in [1.807, 2.05) is 29.6 Å². The number of thioether (sulfide) groups is 2. The Morgan fingerprint density at radius 2 is 1.83 bits per heavy atom. The first-order valence-electron chi connectivity index (χ1n) is 8.54. The van der Waals surface area contributed by atoms with Crippen molar-refractivity contribution < 1.29 is 4.79 Å². The monoisotopic (exact) mass is 350 g/mol. The van der Waals surface area contributed by atoms with Crippen LogP contribution < -0.4 is 5.32 Å². The Kier molecular flexibility index (Phi) is 6.72. The van der Waals surface area contributed by atoms with Gasteiger partial charge in [-0.05, 0) is 18.4 Å². The van der Waals surface area contributed by atoms with Crippen molar-refractivity contribution in [1.29, 1.82) is 0 Å². The van der Waals surface area contributed by atoms with Crippen LogP contribution in [0.2, 0.25) is 0 Å². The summed E-state index contributed by atoms with van der Waals surface area (Å²) in [7, 11) is 0. The molecule has 0 bridgehead atoms. The van der Waals surface area contributed by atoms with Crippen LogP contribution in [0, 0.1) is 0 Å². The number of hydrogen-bond acceptors (Lipinski definition) is 4. The van der Waals surface area contributed by atoms with Gasteiger partial charge in [0.2, 0.25) is 5.91 Å². The lowest BCUT2D eigenvalue weighted by atomic mass is 10.1. The summed E-state index contributed by atoms with van der Waals surface area (Å²) in [6.07, 6.45) is 2.79. The van der Waals surface area contributed by atoms with Crippen molar-refractivity contribution in [3.8, 4) is 0 Å². The molecular formula is C18H26N2OS2. The summed E-state index contributed by atoms with van der Waals surface area (Å²) in [5.41, 5.74) is 1.36. The number of likely N-dealkylation sites (tertiary alicyclic amines) is 1. The molecule has 0 radical (unpaired) electrons. The fraction of sp³-hybridized carbons (Fsp3) is 0.611. The number of carbonyl (C=O) groups is 1.